The Hall–Kier alpha value is -0.900. The molecule has 0 spiro atoms. The fourth-order valence-electron chi connectivity index (χ4n) is 3.35. The number of rotatable bonds is 3. The van der Waals surface area contributed by atoms with Crippen LogP contribution in [0.4, 0.5) is 0 Å². The monoisotopic (exact) mass is 268 g/mol. The maximum atomic E-state index is 12.4. The van der Waals surface area contributed by atoms with Gasteiger partial charge in [0, 0.05) is 18.9 Å². The van der Waals surface area contributed by atoms with E-state index in [1.54, 1.807) is 0 Å². The van der Waals surface area contributed by atoms with Gasteiger partial charge in [0.25, 0.3) is 0 Å². The number of ether oxygens (including phenoxy) is 2. The SMILES string of the molecule is CCO[C@]12CC[C@H](C[C@H]1C(=O)OC(C)(C)C)C(=O)C2. The summed E-state index contributed by atoms with van der Waals surface area (Å²) in [6.07, 6.45) is 2.60. The fourth-order valence-corrected chi connectivity index (χ4v) is 3.35. The minimum Gasteiger partial charge on any atom is -0.460 e. The van der Waals surface area contributed by atoms with Gasteiger partial charge in [-0.15, -0.1) is 0 Å². The molecule has 0 aliphatic heterocycles. The number of ketones is 1. The average molecular weight is 268 g/mol. The van der Waals surface area contributed by atoms with Gasteiger partial charge in [-0.2, -0.15) is 0 Å². The lowest BCUT2D eigenvalue weighted by Crippen LogP contribution is -2.57. The Balaban J connectivity index is 2.19. The summed E-state index contributed by atoms with van der Waals surface area (Å²) in [5, 5.41) is 0. The lowest BCUT2D eigenvalue weighted by atomic mass is 9.61. The second-order valence-electron chi connectivity index (χ2n) is 6.70. The van der Waals surface area contributed by atoms with Gasteiger partial charge in [-0.3, -0.25) is 9.59 Å². The van der Waals surface area contributed by atoms with Crippen LogP contribution in [0.1, 0.15) is 53.4 Å². The van der Waals surface area contributed by atoms with E-state index in [2.05, 4.69) is 0 Å². The van der Waals surface area contributed by atoms with Gasteiger partial charge in [0.1, 0.15) is 11.4 Å². The maximum Gasteiger partial charge on any atom is 0.312 e. The third kappa shape index (κ3) is 2.83. The van der Waals surface area contributed by atoms with Crippen molar-refractivity contribution in [3.8, 4) is 0 Å². The van der Waals surface area contributed by atoms with Crippen molar-refractivity contribution in [3.63, 3.8) is 0 Å². The Morgan fingerprint density at radius 1 is 1.42 bits per heavy atom. The summed E-state index contributed by atoms with van der Waals surface area (Å²) in [5.74, 6) is -0.222. The van der Waals surface area contributed by atoms with Crippen LogP contribution in [-0.4, -0.2) is 29.6 Å². The summed E-state index contributed by atoms with van der Waals surface area (Å²) in [6, 6.07) is 0. The largest absolute Gasteiger partial charge is 0.460 e. The normalized spacial score (nSPS) is 34.4. The first-order chi connectivity index (χ1) is 8.77. The summed E-state index contributed by atoms with van der Waals surface area (Å²) in [7, 11) is 0. The molecule has 3 aliphatic carbocycles. The molecule has 4 nitrogen and oxygen atoms in total. The predicted molar refractivity (Wildman–Crippen MR) is 70.7 cm³/mol. The van der Waals surface area contributed by atoms with Gasteiger partial charge >= 0.3 is 5.97 Å². The first-order valence-corrected chi connectivity index (χ1v) is 7.17. The average Bonchev–Trinajstić information content (AvgIpc) is 2.26. The smallest absolute Gasteiger partial charge is 0.312 e. The van der Waals surface area contributed by atoms with E-state index in [9.17, 15) is 9.59 Å². The van der Waals surface area contributed by atoms with Crippen molar-refractivity contribution >= 4 is 11.8 Å². The molecule has 0 heterocycles. The van der Waals surface area contributed by atoms with E-state index in [0.717, 1.165) is 12.8 Å². The Bertz CT molecular complexity index is 378. The summed E-state index contributed by atoms with van der Waals surface area (Å²) in [6.45, 7) is 8.03. The molecule has 0 aromatic heterocycles. The van der Waals surface area contributed by atoms with Crippen LogP contribution in [0.15, 0.2) is 0 Å². The molecule has 19 heavy (non-hydrogen) atoms. The molecule has 0 aromatic rings. The Kier molecular flexibility index (Phi) is 3.74. The number of carbonyl (C=O) groups is 2. The number of Topliss-reactive ketones (excluding diaryl/α,β-unsaturated/α-hetero) is 1. The van der Waals surface area contributed by atoms with Crippen molar-refractivity contribution in [1.82, 2.24) is 0 Å². The van der Waals surface area contributed by atoms with E-state index >= 15 is 0 Å². The van der Waals surface area contributed by atoms with E-state index in [4.69, 9.17) is 9.47 Å². The Labute approximate surface area is 114 Å². The lowest BCUT2D eigenvalue weighted by Gasteiger charge is -2.49. The maximum absolute atomic E-state index is 12.4. The van der Waals surface area contributed by atoms with Gasteiger partial charge in [-0.1, -0.05) is 0 Å². The van der Waals surface area contributed by atoms with Gasteiger partial charge in [0.05, 0.1) is 11.5 Å². The summed E-state index contributed by atoms with van der Waals surface area (Å²) in [4.78, 5) is 24.3. The van der Waals surface area contributed by atoms with E-state index in [1.165, 1.54) is 0 Å². The van der Waals surface area contributed by atoms with Crippen LogP contribution in [0.5, 0.6) is 0 Å². The molecule has 4 heteroatoms. The molecule has 0 aromatic carbocycles. The van der Waals surface area contributed by atoms with Crippen molar-refractivity contribution in [3.05, 3.63) is 0 Å². The van der Waals surface area contributed by atoms with Crippen LogP contribution in [0.25, 0.3) is 0 Å². The van der Waals surface area contributed by atoms with Crippen LogP contribution in [0.2, 0.25) is 0 Å². The van der Waals surface area contributed by atoms with Gasteiger partial charge < -0.3 is 9.47 Å². The van der Waals surface area contributed by atoms with Crippen LogP contribution in [-0.2, 0) is 19.1 Å². The van der Waals surface area contributed by atoms with Crippen LogP contribution < -0.4 is 0 Å². The molecule has 3 atom stereocenters. The highest BCUT2D eigenvalue weighted by Gasteiger charge is 2.56. The number of esters is 1. The molecule has 3 fully saturated rings. The van der Waals surface area contributed by atoms with Crippen molar-refractivity contribution in [1.29, 1.82) is 0 Å². The molecular weight excluding hydrogens is 244 g/mol. The zero-order valence-corrected chi connectivity index (χ0v) is 12.3. The number of fused-ring (bicyclic) bond motifs is 3. The lowest BCUT2D eigenvalue weighted by molar-refractivity contribution is -0.192. The minimum absolute atomic E-state index is 0.0276. The first kappa shape index (κ1) is 14.5. The molecule has 0 N–H and O–H groups in total. The van der Waals surface area contributed by atoms with Crippen molar-refractivity contribution < 1.29 is 19.1 Å². The minimum atomic E-state index is -0.608. The van der Waals surface area contributed by atoms with E-state index in [0.29, 0.717) is 19.4 Å². The van der Waals surface area contributed by atoms with Gasteiger partial charge in [0.15, 0.2) is 0 Å². The second kappa shape index (κ2) is 4.89. The van der Waals surface area contributed by atoms with Gasteiger partial charge in [-0.05, 0) is 47.0 Å². The molecule has 3 saturated carbocycles. The zero-order valence-electron chi connectivity index (χ0n) is 12.3. The van der Waals surface area contributed by atoms with Crippen molar-refractivity contribution in [2.24, 2.45) is 11.8 Å². The van der Waals surface area contributed by atoms with E-state index < -0.39 is 11.2 Å². The number of carbonyl (C=O) groups excluding carboxylic acids is 2. The molecule has 3 rings (SSSR count). The molecule has 0 radical (unpaired) electrons. The topological polar surface area (TPSA) is 52.6 Å². The van der Waals surface area contributed by atoms with E-state index in [1.807, 2.05) is 27.7 Å². The van der Waals surface area contributed by atoms with Crippen LogP contribution in [0.3, 0.4) is 0 Å². The fraction of sp³-hybridized carbons (Fsp3) is 0.867. The standard InChI is InChI=1S/C15H24O4/c1-5-18-15-7-6-10(12(16)9-15)8-11(15)13(17)19-14(2,3)4/h10-11H,5-9H2,1-4H3/t10-,11+,15+/m1/s1. The second-order valence-corrected chi connectivity index (χ2v) is 6.70. The molecule has 0 saturated heterocycles. The quantitative estimate of drug-likeness (QED) is 0.738. The molecule has 3 aliphatic rings. The third-order valence-electron chi connectivity index (χ3n) is 4.12. The molecule has 0 amide bonds. The highest BCUT2D eigenvalue weighted by molar-refractivity contribution is 5.87. The van der Waals surface area contributed by atoms with Crippen LogP contribution in [0, 0.1) is 11.8 Å². The molecule has 2 bridgehead atoms. The van der Waals surface area contributed by atoms with Crippen LogP contribution >= 0.6 is 0 Å². The molecule has 108 valence electrons. The zero-order chi connectivity index (χ0) is 14.3. The number of hydrogen-bond donors (Lipinski definition) is 0. The third-order valence-corrected chi connectivity index (χ3v) is 4.12. The highest BCUT2D eigenvalue weighted by atomic mass is 16.6. The summed E-state index contributed by atoms with van der Waals surface area (Å²) in [5.41, 5.74) is -1.10. The Morgan fingerprint density at radius 2 is 2.11 bits per heavy atom. The molecular formula is C15H24O4. The molecule has 0 unspecified atom stereocenters. The van der Waals surface area contributed by atoms with Gasteiger partial charge in [0.2, 0.25) is 0 Å². The van der Waals surface area contributed by atoms with Gasteiger partial charge in [-0.25, -0.2) is 0 Å². The predicted octanol–water partition coefficient (Wildman–Crippen LogP) is 2.49. The summed E-state index contributed by atoms with van der Waals surface area (Å²) < 4.78 is 11.4. The van der Waals surface area contributed by atoms with E-state index in [-0.39, 0.29) is 23.6 Å². The number of hydrogen-bond acceptors (Lipinski definition) is 4. The highest BCUT2D eigenvalue weighted by Crippen LogP contribution is 2.49. The Morgan fingerprint density at radius 3 is 2.63 bits per heavy atom. The van der Waals surface area contributed by atoms with Crippen molar-refractivity contribution in [2.75, 3.05) is 6.61 Å². The van der Waals surface area contributed by atoms with Crippen molar-refractivity contribution in [2.45, 2.75) is 64.6 Å². The summed E-state index contributed by atoms with van der Waals surface area (Å²) >= 11 is 0. The first-order valence-electron chi connectivity index (χ1n) is 7.17.